The number of amides is 1. The van der Waals surface area contributed by atoms with Gasteiger partial charge in [-0.1, -0.05) is 0 Å². The summed E-state index contributed by atoms with van der Waals surface area (Å²) in [5.74, 6) is -0.535. The second-order valence-corrected chi connectivity index (χ2v) is 12.7. The molecule has 1 aromatic carbocycles. The van der Waals surface area contributed by atoms with E-state index >= 15 is 0 Å². The Morgan fingerprint density at radius 3 is 2.06 bits per heavy atom. The van der Waals surface area contributed by atoms with Gasteiger partial charge in [-0.25, -0.2) is 16.8 Å². The van der Waals surface area contributed by atoms with E-state index in [0.29, 0.717) is 45.0 Å². The predicted octanol–water partition coefficient (Wildman–Crippen LogP) is 1.72. The van der Waals surface area contributed by atoms with Gasteiger partial charge in [-0.05, 0) is 55.6 Å². The van der Waals surface area contributed by atoms with Gasteiger partial charge in [0, 0.05) is 45.0 Å². The molecular formula is C20H26N4O5S3. The van der Waals surface area contributed by atoms with Crippen LogP contribution in [-0.4, -0.2) is 82.6 Å². The van der Waals surface area contributed by atoms with E-state index in [2.05, 4.69) is 10.2 Å². The highest BCUT2D eigenvalue weighted by molar-refractivity contribution is 7.89. The normalized spacial score (nSPS) is 19.3. The van der Waals surface area contributed by atoms with Crippen LogP contribution in [0.2, 0.25) is 0 Å². The van der Waals surface area contributed by atoms with E-state index in [9.17, 15) is 21.6 Å². The molecule has 9 nitrogen and oxygen atoms in total. The molecule has 3 heterocycles. The van der Waals surface area contributed by atoms with Gasteiger partial charge in [-0.15, -0.1) is 11.3 Å². The lowest BCUT2D eigenvalue weighted by atomic mass is 10.3. The van der Waals surface area contributed by atoms with Crippen LogP contribution in [0.25, 0.3) is 0 Å². The molecule has 0 bridgehead atoms. The maximum atomic E-state index is 12.9. The van der Waals surface area contributed by atoms with E-state index < -0.39 is 26.0 Å². The minimum absolute atomic E-state index is 0.0103. The Labute approximate surface area is 192 Å². The van der Waals surface area contributed by atoms with Crippen LogP contribution in [-0.2, 0) is 20.0 Å². The Morgan fingerprint density at radius 1 is 0.844 bits per heavy atom. The van der Waals surface area contributed by atoms with Crippen molar-refractivity contribution in [2.75, 3.05) is 51.6 Å². The lowest BCUT2D eigenvalue weighted by molar-refractivity contribution is 0.102. The quantitative estimate of drug-likeness (QED) is 0.650. The molecule has 0 unspecified atom stereocenters. The van der Waals surface area contributed by atoms with Crippen molar-refractivity contribution in [2.24, 2.45) is 0 Å². The van der Waals surface area contributed by atoms with Crippen molar-refractivity contribution < 1.29 is 21.6 Å². The first-order valence-electron chi connectivity index (χ1n) is 10.4. The largest absolute Gasteiger partial charge is 0.321 e. The number of carbonyl (C=O) groups is 1. The van der Waals surface area contributed by atoms with Crippen LogP contribution in [0, 0.1) is 0 Å². The Morgan fingerprint density at radius 2 is 1.44 bits per heavy atom. The molecule has 1 amide bonds. The molecule has 174 valence electrons. The number of sulfonamides is 2. The van der Waals surface area contributed by atoms with Gasteiger partial charge in [-0.3, -0.25) is 4.79 Å². The first kappa shape index (κ1) is 23.3. The molecular weight excluding hydrogens is 472 g/mol. The van der Waals surface area contributed by atoms with Crippen molar-refractivity contribution in [2.45, 2.75) is 22.6 Å². The second kappa shape index (κ2) is 9.20. The zero-order valence-electron chi connectivity index (χ0n) is 17.7. The van der Waals surface area contributed by atoms with Crippen molar-refractivity contribution in [3.63, 3.8) is 0 Å². The lowest BCUT2D eigenvalue weighted by Gasteiger charge is -2.31. The Kier molecular flexibility index (Phi) is 6.71. The van der Waals surface area contributed by atoms with Crippen molar-refractivity contribution in [1.82, 2.24) is 13.5 Å². The number of hydrogen-bond acceptors (Lipinski definition) is 7. The zero-order valence-corrected chi connectivity index (χ0v) is 20.2. The number of hydrogen-bond donors (Lipinski definition) is 1. The van der Waals surface area contributed by atoms with E-state index in [1.165, 1.54) is 38.9 Å². The van der Waals surface area contributed by atoms with E-state index in [1.54, 1.807) is 5.38 Å². The first-order chi connectivity index (χ1) is 15.2. The van der Waals surface area contributed by atoms with E-state index in [-0.39, 0.29) is 14.7 Å². The topological polar surface area (TPSA) is 107 Å². The van der Waals surface area contributed by atoms with Gasteiger partial charge < -0.3 is 10.2 Å². The summed E-state index contributed by atoms with van der Waals surface area (Å²) in [6, 6.07) is 7.41. The molecule has 0 spiro atoms. The fraction of sp³-hybridized carbons (Fsp3) is 0.450. The SMILES string of the molecule is CN1CCN(S(=O)(=O)c2ccc(NC(=O)c3sccc3S(=O)(=O)N3CCCC3)cc2)CC1. The average Bonchev–Trinajstić information content (AvgIpc) is 3.47. The van der Waals surface area contributed by atoms with Gasteiger partial charge in [-0.2, -0.15) is 8.61 Å². The number of benzene rings is 1. The third kappa shape index (κ3) is 4.61. The van der Waals surface area contributed by atoms with Crippen LogP contribution in [0.4, 0.5) is 5.69 Å². The summed E-state index contributed by atoms with van der Waals surface area (Å²) in [6.45, 7) is 3.15. The minimum Gasteiger partial charge on any atom is -0.321 e. The zero-order chi connectivity index (χ0) is 22.9. The summed E-state index contributed by atoms with van der Waals surface area (Å²) in [5, 5.41) is 4.27. The number of thiophene rings is 1. The predicted molar refractivity (Wildman–Crippen MR) is 123 cm³/mol. The van der Waals surface area contributed by atoms with E-state index in [1.807, 2.05) is 7.05 Å². The number of nitrogens with zero attached hydrogens (tertiary/aromatic N) is 3. The minimum atomic E-state index is -3.71. The third-order valence-corrected chi connectivity index (χ3v) is 10.6. The van der Waals surface area contributed by atoms with Crippen molar-refractivity contribution in [3.8, 4) is 0 Å². The van der Waals surface area contributed by atoms with Crippen LogP contribution >= 0.6 is 11.3 Å². The number of nitrogens with one attached hydrogen (secondary N) is 1. The Balaban J connectivity index is 1.48. The molecule has 2 aliphatic rings. The monoisotopic (exact) mass is 498 g/mol. The number of piperazine rings is 1. The standard InChI is InChI=1S/C20H26N4O5S3/c1-22-11-13-24(14-12-22)31(26,27)17-6-4-16(5-7-17)21-20(25)19-18(8-15-30-19)32(28,29)23-9-2-3-10-23/h4-8,15H,2-3,9-14H2,1H3,(H,21,25). The van der Waals surface area contributed by atoms with Crippen LogP contribution in [0.1, 0.15) is 22.5 Å². The van der Waals surface area contributed by atoms with Gasteiger partial charge in [0.15, 0.2) is 0 Å². The molecule has 0 aliphatic carbocycles. The van der Waals surface area contributed by atoms with Crippen molar-refractivity contribution in [1.29, 1.82) is 0 Å². The maximum absolute atomic E-state index is 12.9. The maximum Gasteiger partial charge on any atom is 0.267 e. The summed E-state index contributed by atoms with van der Waals surface area (Å²) in [5.41, 5.74) is 0.394. The Hall–Kier alpha value is -1.83. The summed E-state index contributed by atoms with van der Waals surface area (Å²) in [6.07, 6.45) is 1.63. The molecule has 2 saturated heterocycles. The second-order valence-electron chi connectivity index (χ2n) is 7.91. The molecule has 32 heavy (non-hydrogen) atoms. The summed E-state index contributed by atoms with van der Waals surface area (Å²) < 4.78 is 54.3. The highest BCUT2D eigenvalue weighted by Gasteiger charge is 2.32. The molecule has 1 aromatic heterocycles. The Bertz CT molecular complexity index is 1180. The molecule has 2 aromatic rings. The van der Waals surface area contributed by atoms with E-state index in [4.69, 9.17) is 0 Å². The van der Waals surface area contributed by atoms with Crippen molar-refractivity contribution in [3.05, 3.63) is 40.6 Å². The summed E-state index contributed by atoms with van der Waals surface area (Å²) in [7, 11) is -5.35. The molecule has 2 aliphatic heterocycles. The fourth-order valence-electron chi connectivity index (χ4n) is 3.81. The van der Waals surface area contributed by atoms with Crippen LogP contribution in [0.3, 0.4) is 0 Å². The molecule has 0 radical (unpaired) electrons. The van der Waals surface area contributed by atoms with Gasteiger partial charge >= 0.3 is 0 Å². The summed E-state index contributed by atoms with van der Waals surface area (Å²) in [4.78, 5) is 15.2. The molecule has 0 saturated carbocycles. The molecule has 4 rings (SSSR count). The summed E-state index contributed by atoms with van der Waals surface area (Å²) >= 11 is 1.06. The van der Waals surface area contributed by atoms with Gasteiger partial charge in [0.2, 0.25) is 20.0 Å². The lowest BCUT2D eigenvalue weighted by Crippen LogP contribution is -2.46. The molecule has 0 atom stereocenters. The average molecular weight is 499 g/mol. The first-order valence-corrected chi connectivity index (χ1v) is 14.1. The number of likely N-dealkylation sites (N-methyl/N-ethyl adjacent to an activating group) is 1. The smallest absolute Gasteiger partial charge is 0.267 e. The number of carbonyl (C=O) groups excluding carboxylic acids is 1. The molecule has 12 heteroatoms. The van der Waals surface area contributed by atoms with Crippen LogP contribution in [0.5, 0.6) is 0 Å². The highest BCUT2D eigenvalue weighted by Crippen LogP contribution is 2.28. The van der Waals surface area contributed by atoms with Crippen LogP contribution < -0.4 is 5.32 Å². The van der Waals surface area contributed by atoms with Gasteiger partial charge in [0.05, 0.1) is 4.90 Å². The van der Waals surface area contributed by atoms with Crippen molar-refractivity contribution >= 4 is 43.0 Å². The fourth-order valence-corrected chi connectivity index (χ4v) is 8.04. The van der Waals surface area contributed by atoms with Gasteiger partial charge in [0.1, 0.15) is 9.77 Å². The van der Waals surface area contributed by atoms with Crippen LogP contribution in [0.15, 0.2) is 45.5 Å². The molecule has 1 N–H and O–H groups in total. The number of rotatable bonds is 6. The van der Waals surface area contributed by atoms with E-state index in [0.717, 1.165) is 24.2 Å². The van der Waals surface area contributed by atoms with Gasteiger partial charge in [0.25, 0.3) is 5.91 Å². The highest BCUT2D eigenvalue weighted by atomic mass is 32.2. The number of anilines is 1. The third-order valence-electron chi connectivity index (χ3n) is 5.73. The molecule has 2 fully saturated rings.